The van der Waals surface area contributed by atoms with Gasteiger partial charge in [0.15, 0.2) is 6.61 Å². The summed E-state index contributed by atoms with van der Waals surface area (Å²) in [5.74, 6) is 0.850. The minimum absolute atomic E-state index is 0.188. The molecule has 2 amide bonds. The summed E-state index contributed by atoms with van der Waals surface area (Å²) < 4.78 is 11.0. The van der Waals surface area contributed by atoms with Gasteiger partial charge in [-0.05, 0) is 60.7 Å². The van der Waals surface area contributed by atoms with Crippen molar-refractivity contribution in [2.45, 2.75) is 33.6 Å². The molecule has 0 saturated heterocycles. The van der Waals surface area contributed by atoms with E-state index in [2.05, 4.69) is 24.7 Å². The first kappa shape index (κ1) is 22.0. The smallest absolute Gasteiger partial charge is 0.276 e. The van der Waals surface area contributed by atoms with Crippen LogP contribution >= 0.6 is 0 Å². The van der Waals surface area contributed by atoms with Crippen molar-refractivity contribution in [3.63, 3.8) is 0 Å². The van der Waals surface area contributed by atoms with Crippen molar-refractivity contribution in [3.8, 4) is 11.5 Å². The predicted molar refractivity (Wildman–Crippen MR) is 114 cm³/mol. The fourth-order valence-electron chi connectivity index (χ4n) is 2.61. The Morgan fingerprint density at radius 1 is 1.03 bits per heavy atom. The zero-order chi connectivity index (χ0) is 21.2. The highest BCUT2D eigenvalue weighted by Gasteiger charge is 2.10. The van der Waals surface area contributed by atoms with Crippen molar-refractivity contribution in [2.75, 3.05) is 13.2 Å². The number of carbonyl (C=O) groups excluding carboxylic acids is 2. The average Bonchev–Trinajstić information content (AvgIpc) is 2.70. The molecule has 2 N–H and O–H groups in total. The van der Waals surface area contributed by atoms with E-state index >= 15 is 0 Å². The summed E-state index contributed by atoms with van der Waals surface area (Å²) >= 11 is 0. The molecule has 154 valence electrons. The van der Waals surface area contributed by atoms with Crippen LogP contribution < -0.4 is 20.3 Å². The molecule has 0 aromatic heterocycles. The number of rotatable bonds is 8. The monoisotopic (exact) mass is 396 g/mol. The molecule has 0 unspecified atom stereocenters. The summed E-state index contributed by atoms with van der Waals surface area (Å²) in [4.78, 5) is 23.8. The maximum atomic E-state index is 12.0. The highest BCUT2D eigenvalue weighted by Crippen LogP contribution is 2.27. The van der Waals surface area contributed by atoms with Crippen LogP contribution in [0.1, 0.15) is 43.4 Å². The number of benzene rings is 2. The van der Waals surface area contributed by atoms with Crippen LogP contribution in [0.5, 0.6) is 11.5 Å². The fraction of sp³-hybridized carbons (Fsp3) is 0.304. The summed E-state index contributed by atoms with van der Waals surface area (Å²) in [6, 6.07) is 13.3. The van der Waals surface area contributed by atoms with Gasteiger partial charge in [0.2, 0.25) is 0 Å². The van der Waals surface area contributed by atoms with Gasteiger partial charge in [-0.2, -0.15) is 0 Å². The van der Waals surface area contributed by atoms with Gasteiger partial charge in [0.25, 0.3) is 11.8 Å². The molecular formula is C23H28N2O4. The van der Waals surface area contributed by atoms with Crippen LogP contribution in [0.3, 0.4) is 0 Å². The normalized spacial score (nSPS) is 10.8. The number of hydrazine groups is 1. The van der Waals surface area contributed by atoms with Crippen LogP contribution in [0.4, 0.5) is 0 Å². The predicted octanol–water partition coefficient (Wildman–Crippen LogP) is 3.76. The van der Waals surface area contributed by atoms with Gasteiger partial charge in [0.05, 0.1) is 6.61 Å². The van der Waals surface area contributed by atoms with Gasteiger partial charge in [-0.15, -0.1) is 0 Å². The number of hydrogen-bond acceptors (Lipinski definition) is 4. The number of carbonyl (C=O) groups is 2. The van der Waals surface area contributed by atoms with Gasteiger partial charge < -0.3 is 9.47 Å². The molecule has 2 aromatic rings. The molecule has 6 heteroatoms. The third kappa shape index (κ3) is 7.33. The molecule has 0 aliphatic carbocycles. The summed E-state index contributed by atoms with van der Waals surface area (Å²) in [5.41, 5.74) is 7.62. The summed E-state index contributed by atoms with van der Waals surface area (Å²) in [6.07, 6.45) is 2.99. The Morgan fingerprint density at radius 2 is 1.76 bits per heavy atom. The van der Waals surface area contributed by atoms with Crippen LogP contribution in [0, 0.1) is 6.92 Å². The van der Waals surface area contributed by atoms with Crippen molar-refractivity contribution >= 4 is 17.9 Å². The van der Waals surface area contributed by atoms with Crippen LogP contribution in [0.2, 0.25) is 0 Å². The molecule has 29 heavy (non-hydrogen) atoms. The number of ether oxygens (including phenoxy) is 2. The van der Waals surface area contributed by atoms with E-state index in [9.17, 15) is 9.59 Å². The lowest BCUT2D eigenvalue weighted by Gasteiger charge is -2.14. The van der Waals surface area contributed by atoms with Crippen molar-refractivity contribution in [2.24, 2.45) is 0 Å². The van der Waals surface area contributed by atoms with E-state index in [-0.39, 0.29) is 12.5 Å². The Morgan fingerprint density at radius 3 is 2.41 bits per heavy atom. The summed E-state index contributed by atoms with van der Waals surface area (Å²) in [5, 5.41) is 0. The van der Waals surface area contributed by atoms with Gasteiger partial charge in [-0.25, -0.2) is 0 Å². The Bertz CT molecular complexity index is 858. The Kier molecular flexibility index (Phi) is 8.27. The van der Waals surface area contributed by atoms with Crippen LogP contribution in [0.15, 0.2) is 48.5 Å². The second-order valence-electron chi connectivity index (χ2n) is 6.86. The van der Waals surface area contributed by atoms with E-state index in [1.54, 1.807) is 6.08 Å². The second-order valence-corrected chi connectivity index (χ2v) is 6.86. The molecule has 0 aliphatic heterocycles. The van der Waals surface area contributed by atoms with Gasteiger partial charge in [-0.3, -0.25) is 20.4 Å². The zero-order valence-corrected chi connectivity index (χ0v) is 17.3. The maximum Gasteiger partial charge on any atom is 0.276 e. The van der Waals surface area contributed by atoms with Crippen LogP contribution in [-0.2, 0) is 9.59 Å². The van der Waals surface area contributed by atoms with E-state index in [1.165, 1.54) is 6.08 Å². The summed E-state index contributed by atoms with van der Waals surface area (Å²) in [6.45, 7) is 8.42. The zero-order valence-electron chi connectivity index (χ0n) is 17.3. The van der Waals surface area contributed by atoms with Crippen LogP contribution in [-0.4, -0.2) is 25.0 Å². The third-order valence-corrected chi connectivity index (χ3v) is 4.09. The molecular weight excluding hydrogens is 368 g/mol. The highest BCUT2D eigenvalue weighted by molar-refractivity contribution is 5.93. The minimum atomic E-state index is -0.441. The van der Waals surface area contributed by atoms with Crippen molar-refractivity contribution < 1.29 is 19.1 Å². The first-order valence-electron chi connectivity index (χ1n) is 9.62. The highest BCUT2D eigenvalue weighted by atomic mass is 16.5. The quantitative estimate of drug-likeness (QED) is 0.526. The standard InChI is InChI=1S/C23H28N2O4/c1-5-28-19-10-7-18(8-11-19)9-13-22(26)24-25-23(27)15-29-21-14-17(4)6-12-20(21)16(2)3/h6-14,16H,5,15H2,1-4H3,(H,24,26)(H,25,27)/b13-9+. The molecule has 0 saturated carbocycles. The topological polar surface area (TPSA) is 76.7 Å². The number of amides is 2. The fourth-order valence-corrected chi connectivity index (χ4v) is 2.61. The first-order chi connectivity index (χ1) is 13.9. The molecule has 0 fully saturated rings. The van der Waals surface area contributed by atoms with Gasteiger partial charge in [-0.1, -0.05) is 38.1 Å². The lowest BCUT2D eigenvalue weighted by molar-refractivity contribution is -0.128. The molecule has 6 nitrogen and oxygen atoms in total. The molecule has 2 rings (SSSR count). The molecule has 0 bridgehead atoms. The van der Waals surface area contributed by atoms with E-state index < -0.39 is 11.8 Å². The molecule has 0 heterocycles. The lowest BCUT2D eigenvalue weighted by atomic mass is 10.0. The van der Waals surface area contributed by atoms with Crippen LogP contribution in [0.25, 0.3) is 6.08 Å². The second kappa shape index (κ2) is 10.9. The Balaban J connectivity index is 1.80. The average molecular weight is 396 g/mol. The van der Waals surface area contributed by atoms with E-state index in [4.69, 9.17) is 9.47 Å². The van der Waals surface area contributed by atoms with Crippen molar-refractivity contribution in [3.05, 3.63) is 65.2 Å². The third-order valence-electron chi connectivity index (χ3n) is 4.09. The lowest BCUT2D eigenvalue weighted by Crippen LogP contribution is -2.43. The molecule has 0 radical (unpaired) electrons. The number of hydrogen-bond donors (Lipinski definition) is 2. The molecule has 0 atom stereocenters. The number of aryl methyl sites for hydroxylation is 1. The minimum Gasteiger partial charge on any atom is -0.494 e. The SMILES string of the molecule is CCOc1ccc(/C=C/C(=O)NNC(=O)COc2cc(C)ccc2C(C)C)cc1. The number of nitrogens with one attached hydrogen (secondary N) is 2. The van der Waals surface area contributed by atoms with Crippen molar-refractivity contribution in [1.29, 1.82) is 0 Å². The molecule has 0 aliphatic rings. The first-order valence-corrected chi connectivity index (χ1v) is 9.62. The van der Waals surface area contributed by atoms with Gasteiger partial charge in [0.1, 0.15) is 11.5 Å². The largest absolute Gasteiger partial charge is 0.494 e. The molecule has 2 aromatic carbocycles. The van der Waals surface area contributed by atoms with E-state index in [0.29, 0.717) is 12.4 Å². The van der Waals surface area contributed by atoms with Gasteiger partial charge >= 0.3 is 0 Å². The molecule has 0 spiro atoms. The van der Waals surface area contributed by atoms with Crippen molar-refractivity contribution in [1.82, 2.24) is 10.9 Å². The maximum absolute atomic E-state index is 12.0. The Labute approximate surface area is 171 Å². The van der Waals surface area contributed by atoms with E-state index in [1.807, 2.05) is 56.3 Å². The summed E-state index contributed by atoms with van der Waals surface area (Å²) in [7, 11) is 0. The van der Waals surface area contributed by atoms with Gasteiger partial charge in [0, 0.05) is 6.08 Å². The van der Waals surface area contributed by atoms with E-state index in [0.717, 1.165) is 22.4 Å². The Hall–Kier alpha value is -3.28.